The molecule has 0 radical (unpaired) electrons. The van der Waals surface area contributed by atoms with E-state index in [0.717, 1.165) is 28.3 Å². The van der Waals surface area contributed by atoms with E-state index >= 15 is 0 Å². The second-order valence-electron chi connectivity index (χ2n) is 7.12. The van der Waals surface area contributed by atoms with Crippen molar-refractivity contribution >= 4 is 29.4 Å². The number of halogens is 1. The number of amides is 1. The van der Waals surface area contributed by atoms with Gasteiger partial charge in [-0.25, -0.2) is 5.43 Å². The van der Waals surface area contributed by atoms with Crippen LogP contribution < -0.4 is 15.1 Å². The molecule has 30 heavy (non-hydrogen) atoms. The van der Waals surface area contributed by atoms with Gasteiger partial charge < -0.3 is 14.2 Å². The Morgan fingerprint density at radius 3 is 2.67 bits per heavy atom. The fraction of sp³-hybridized carbons (Fsp3) is 0.217. The van der Waals surface area contributed by atoms with Crippen molar-refractivity contribution in [2.45, 2.75) is 13.8 Å². The van der Waals surface area contributed by atoms with Gasteiger partial charge in [-0.15, -0.1) is 0 Å². The van der Waals surface area contributed by atoms with Crippen LogP contribution >= 0.6 is 11.6 Å². The zero-order valence-corrected chi connectivity index (χ0v) is 18.3. The van der Waals surface area contributed by atoms with Crippen molar-refractivity contribution < 1.29 is 9.53 Å². The Bertz CT molecular complexity index is 1070. The molecule has 1 amide bonds. The molecule has 3 rings (SSSR count). The van der Waals surface area contributed by atoms with Gasteiger partial charge in [0.15, 0.2) is 6.61 Å². The summed E-state index contributed by atoms with van der Waals surface area (Å²) in [5.41, 5.74) is 7.45. The molecule has 1 heterocycles. The minimum atomic E-state index is -0.329. The second-order valence-corrected chi connectivity index (χ2v) is 7.55. The van der Waals surface area contributed by atoms with Crippen LogP contribution in [0, 0.1) is 13.8 Å². The highest BCUT2D eigenvalue weighted by molar-refractivity contribution is 6.30. The van der Waals surface area contributed by atoms with Crippen molar-refractivity contribution in [1.82, 2.24) is 9.99 Å². The number of carbonyl (C=O) groups is 1. The number of hydrogen-bond acceptors (Lipinski definition) is 4. The number of aryl methyl sites for hydroxylation is 1. The molecular weight excluding hydrogens is 400 g/mol. The minimum absolute atomic E-state index is 0.115. The molecule has 156 valence electrons. The molecule has 1 aromatic heterocycles. The predicted octanol–water partition coefficient (Wildman–Crippen LogP) is 4.34. The maximum Gasteiger partial charge on any atom is 0.277 e. The third-order valence-corrected chi connectivity index (χ3v) is 4.87. The first-order valence-corrected chi connectivity index (χ1v) is 9.90. The Balaban J connectivity index is 1.61. The minimum Gasteiger partial charge on any atom is -0.484 e. The Hall–Kier alpha value is -3.25. The molecule has 0 aliphatic rings. The molecular formula is C23H25ClN4O2. The molecule has 2 aromatic carbocycles. The van der Waals surface area contributed by atoms with Gasteiger partial charge in [-0.1, -0.05) is 23.7 Å². The molecule has 0 spiro atoms. The van der Waals surface area contributed by atoms with Crippen molar-refractivity contribution in [2.75, 3.05) is 25.6 Å². The van der Waals surface area contributed by atoms with E-state index in [2.05, 4.69) is 15.1 Å². The van der Waals surface area contributed by atoms with Crippen LogP contribution in [0.5, 0.6) is 5.75 Å². The Kier molecular flexibility index (Phi) is 6.79. The van der Waals surface area contributed by atoms with Gasteiger partial charge in [0.05, 0.1) is 6.21 Å². The summed E-state index contributed by atoms with van der Waals surface area (Å²) >= 11 is 6.12. The average molecular weight is 425 g/mol. The van der Waals surface area contributed by atoms with E-state index in [0.29, 0.717) is 10.8 Å². The highest BCUT2D eigenvalue weighted by Crippen LogP contribution is 2.22. The van der Waals surface area contributed by atoms with Crippen molar-refractivity contribution in [3.8, 4) is 11.4 Å². The largest absolute Gasteiger partial charge is 0.484 e. The zero-order chi connectivity index (χ0) is 21.7. The fourth-order valence-corrected chi connectivity index (χ4v) is 3.32. The Morgan fingerprint density at radius 1 is 1.17 bits per heavy atom. The molecule has 1 N–H and O–H groups in total. The van der Waals surface area contributed by atoms with E-state index in [1.165, 1.54) is 0 Å². The van der Waals surface area contributed by atoms with Crippen LogP contribution in [0.25, 0.3) is 5.69 Å². The Morgan fingerprint density at radius 2 is 1.93 bits per heavy atom. The number of aromatic nitrogens is 1. The average Bonchev–Trinajstić information content (AvgIpc) is 3.00. The number of benzene rings is 2. The van der Waals surface area contributed by atoms with Crippen LogP contribution in [0.4, 0.5) is 5.69 Å². The Labute approximate surface area is 181 Å². The van der Waals surface area contributed by atoms with Crippen molar-refractivity contribution in [1.29, 1.82) is 0 Å². The number of rotatable bonds is 7. The van der Waals surface area contributed by atoms with Crippen LogP contribution in [-0.4, -0.2) is 37.4 Å². The van der Waals surface area contributed by atoms with E-state index < -0.39 is 0 Å². The fourth-order valence-electron chi connectivity index (χ4n) is 3.14. The molecule has 0 aliphatic carbocycles. The van der Waals surface area contributed by atoms with E-state index in [1.807, 2.05) is 87.4 Å². The summed E-state index contributed by atoms with van der Waals surface area (Å²) in [7, 11) is 3.90. The monoisotopic (exact) mass is 424 g/mol. The lowest BCUT2D eigenvalue weighted by Crippen LogP contribution is -2.24. The lowest BCUT2D eigenvalue weighted by atomic mass is 10.2. The smallest absolute Gasteiger partial charge is 0.277 e. The van der Waals surface area contributed by atoms with Gasteiger partial charge in [0.25, 0.3) is 5.91 Å². The van der Waals surface area contributed by atoms with Crippen LogP contribution in [-0.2, 0) is 4.79 Å². The SMILES string of the molecule is Cc1cc(/C=N/NC(=O)COc2cccc(N(C)C)c2)c(C)n1-c1cccc(Cl)c1. The summed E-state index contributed by atoms with van der Waals surface area (Å²) in [6, 6.07) is 17.2. The summed E-state index contributed by atoms with van der Waals surface area (Å²) in [4.78, 5) is 14.0. The summed E-state index contributed by atoms with van der Waals surface area (Å²) in [5.74, 6) is 0.301. The van der Waals surface area contributed by atoms with Crippen LogP contribution in [0.2, 0.25) is 5.02 Å². The molecule has 0 atom stereocenters. The molecule has 0 unspecified atom stereocenters. The number of nitrogens with one attached hydrogen (secondary N) is 1. The third-order valence-electron chi connectivity index (χ3n) is 4.63. The quantitative estimate of drug-likeness (QED) is 0.453. The van der Waals surface area contributed by atoms with E-state index in [-0.39, 0.29) is 12.5 Å². The lowest BCUT2D eigenvalue weighted by molar-refractivity contribution is -0.123. The highest BCUT2D eigenvalue weighted by Gasteiger charge is 2.10. The summed E-state index contributed by atoms with van der Waals surface area (Å²) < 4.78 is 7.64. The van der Waals surface area contributed by atoms with Gasteiger partial charge in [-0.3, -0.25) is 4.79 Å². The number of anilines is 1. The van der Waals surface area contributed by atoms with Gasteiger partial charge in [-0.2, -0.15) is 5.10 Å². The molecule has 0 bridgehead atoms. The summed E-state index contributed by atoms with van der Waals surface area (Å²) in [6.07, 6.45) is 1.63. The van der Waals surface area contributed by atoms with E-state index in [1.54, 1.807) is 6.21 Å². The molecule has 0 aliphatic heterocycles. The molecule has 6 nitrogen and oxygen atoms in total. The van der Waals surface area contributed by atoms with E-state index in [4.69, 9.17) is 16.3 Å². The van der Waals surface area contributed by atoms with Crippen LogP contribution in [0.15, 0.2) is 59.7 Å². The first-order valence-electron chi connectivity index (χ1n) is 9.52. The summed E-state index contributed by atoms with van der Waals surface area (Å²) in [6.45, 7) is 3.90. The van der Waals surface area contributed by atoms with Gasteiger partial charge in [-0.05, 0) is 50.2 Å². The van der Waals surface area contributed by atoms with E-state index in [9.17, 15) is 4.79 Å². The maximum absolute atomic E-state index is 12.1. The highest BCUT2D eigenvalue weighted by atomic mass is 35.5. The predicted molar refractivity (Wildman–Crippen MR) is 122 cm³/mol. The van der Waals surface area contributed by atoms with Gasteiger partial charge in [0.1, 0.15) is 5.75 Å². The van der Waals surface area contributed by atoms with Crippen LogP contribution in [0.3, 0.4) is 0 Å². The zero-order valence-electron chi connectivity index (χ0n) is 17.5. The van der Waals surface area contributed by atoms with Gasteiger partial charge >= 0.3 is 0 Å². The normalized spacial score (nSPS) is 11.0. The molecule has 7 heteroatoms. The number of hydrazone groups is 1. The lowest BCUT2D eigenvalue weighted by Gasteiger charge is -2.13. The van der Waals surface area contributed by atoms with Gasteiger partial charge in [0.2, 0.25) is 0 Å². The number of hydrogen-bond donors (Lipinski definition) is 1. The molecule has 0 fully saturated rings. The first kappa shape index (κ1) is 21.5. The number of ether oxygens (including phenoxy) is 1. The van der Waals surface area contributed by atoms with Crippen molar-refractivity contribution in [2.24, 2.45) is 5.10 Å². The van der Waals surface area contributed by atoms with Gasteiger partial charge in [0, 0.05) is 53.5 Å². The molecule has 0 saturated carbocycles. The molecule has 0 saturated heterocycles. The van der Waals surface area contributed by atoms with Crippen LogP contribution in [0.1, 0.15) is 17.0 Å². The summed E-state index contributed by atoms with van der Waals surface area (Å²) in [5, 5.41) is 4.75. The number of nitrogens with zero attached hydrogens (tertiary/aromatic N) is 3. The standard InChI is InChI=1S/C23H25ClN4O2/c1-16-11-18(17(2)28(16)21-9-5-7-19(24)12-21)14-25-26-23(29)15-30-22-10-6-8-20(13-22)27(3)4/h5-14H,15H2,1-4H3,(H,26,29)/b25-14+. The number of carbonyl (C=O) groups excluding carboxylic acids is 1. The van der Waals surface area contributed by atoms with Crippen molar-refractivity contribution in [3.05, 3.63) is 76.6 Å². The third kappa shape index (κ3) is 5.21. The van der Waals surface area contributed by atoms with Crippen molar-refractivity contribution in [3.63, 3.8) is 0 Å². The maximum atomic E-state index is 12.1. The second kappa shape index (κ2) is 9.50. The first-order chi connectivity index (χ1) is 14.3. The topological polar surface area (TPSA) is 58.9 Å². The molecule has 3 aromatic rings.